The molecule has 2 fully saturated rings. The third-order valence-electron chi connectivity index (χ3n) is 4.53. The molecule has 2 aliphatic heterocycles. The lowest BCUT2D eigenvalue weighted by atomic mass is 10.00. The number of hydrogen-bond acceptors (Lipinski definition) is 2. The summed E-state index contributed by atoms with van der Waals surface area (Å²) in [5.41, 5.74) is 1.45. The molecular formula is C23H44N2. The molecule has 1 aromatic rings. The minimum atomic E-state index is 0.882. The highest BCUT2D eigenvalue weighted by Crippen LogP contribution is 2.17. The molecule has 25 heavy (non-hydrogen) atoms. The van der Waals surface area contributed by atoms with Crippen molar-refractivity contribution in [1.29, 1.82) is 0 Å². The highest BCUT2D eigenvalue weighted by atomic mass is 15.1. The fourth-order valence-electron chi connectivity index (χ4n) is 3.30. The molecule has 0 saturated carbocycles. The Kier molecular flexibility index (Phi) is 16.0. The topological polar surface area (TPSA) is 15.3 Å². The normalized spacial score (nSPS) is 23.0. The van der Waals surface area contributed by atoms with Gasteiger partial charge in [0.05, 0.1) is 0 Å². The summed E-state index contributed by atoms with van der Waals surface area (Å²) in [5.74, 6) is 1.81. The van der Waals surface area contributed by atoms with Gasteiger partial charge in [0.1, 0.15) is 0 Å². The van der Waals surface area contributed by atoms with Gasteiger partial charge in [0.15, 0.2) is 0 Å². The first-order chi connectivity index (χ1) is 12.2. The first-order valence-electron chi connectivity index (χ1n) is 10.7. The molecule has 2 unspecified atom stereocenters. The molecule has 2 atom stereocenters. The lowest BCUT2D eigenvalue weighted by molar-refractivity contribution is 0.176. The first kappa shape index (κ1) is 24.1. The van der Waals surface area contributed by atoms with Gasteiger partial charge in [-0.3, -0.25) is 4.90 Å². The van der Waals surface area contributed by atoms with Gasteiger partial charge < -0.3 is 5.32 Å². The molecule has 1 N–H and O–H groups in total. The van der Waals surface area contributed by atoms with Crippen LogP contribution >= 0.6 is 0 Å². The molecule has 2 heteroatoms. The van der Waals surface area contributed by atoms with E-state index in [-0.39, 0.29) is 0 Å². The van der Waals surface area contributed by atoms with Crippen LogP contribution in [0.15, 0.2) is 30.3 Å². The van der Waals surface area contributed by atoms with Crippen molar-refractivity contribution in [1.82, 2.24) is 10.2 Å². The Labute approximate surface area is 158 Å². The van der Waals surface area contributed by atoms with E-state index in [0.717, 1.165) is 18.4 Å². The van der Waals surface area contributed by atoms with Crippen molar-refractivity contribution in [2.45, 2.75) is 73.8 Å². The monoisotopic (exact) mass is 348 g/mol. The van der Waals surface area contributed by atoms with Gasteiger partial charge in [0, 0.05) is 13.1 Å². The smallest absolute Gasteiger partial charge is 0.0233 e. The third kappa shape index (κ3) is 12.2. The predicted molar refractivity (Wildman–Crippen MR) is 114 cm³/mol. The molecule has 0 aromatic heterocycles. The van der Waals surface area contributed by atoms with Crippen LogP contribution in [0.3, 0.4) is 0 Å². The molecular weight excluding hydrogens is 304 g/mol. The highest BCUT2D eigenvalue weighted by molar-refractivity contribution is 5.14. The van der Waals surface area contributed by atoms with E-state index in [1.807, 2.05) is 27.7 Å². The van der Waals surface area contributed by atoms with E-state index in [1.54, 1.807) is 0 Å². The molecule has 2 heterocycles. The zero-order valence-corrected chi connectivity index (χ0v) is 17.9. The molecule has 1 aromatic carbocycles. The molecule has 3 rings (SSSR count). The van der Waals surface area contributed by atoms with Crippen LogP contribution in [0.4, 0.5) is 0 Å². The number of hydrogen-bond donors (Lipinski definition) is 1. The van der Waals surface area contributed by atoms with Crippen LogP contribution in [0, 0.1) is 11.8 Å². The van der Waals surface area contributed by atoms with Gasteiger partial charge in [-0.15, -0.1) is 0 Å². The van der Waals surface area contributed by atoms with E-state index in [0.29, 0.717) is 0 Å². The number of benzene rings is 1. The fourth-order valence-corrected chi connectivity index (χ4v) is 3.30. The summed E-state index contributed by atoms with van der Waals surface area (Å²) in [4.78, 5) is 2.57. The Morgan fingerprint density at radius 3 is 2.04 bits per heavy atom. The van der Waals surface area contributed by atoms with Crippen molar-refractivity contribution in [3.63, 3.8) is 0 Å². The van der Waals surface area contributed by atoms with E-state index in [1.165, 1.54) is 57.4 Å². The second kappa shape index (κ2) is 16.6. The van der Waals surface area contributed by atoms with Crippen molar-refractivity contribution >= 4 is 0 Å². The number of likely N-dealkylation sites (tertiary alicyclic amines) is 1. The second-order valence-corrected chi connectivity index (χ2v) is 6.92. The summed E-state index contributed by atoms with van der Waals surface area (Å²) in [6.07, 6.45) is 5.58. The molecule has 0 amide bonds. The lowest BCUT2D eigenvalue weighted by Crippen LogP contribution is -2.33. The van der Waals surface area contributed by atoms with Crippen LogP contribution in [-0.4, -0.2) is 31.1 Å². The highest BCUT2D eigenvalue weighted by Gasteiger charge is 2.15. The minimum absolute atomic E-state index is 0.882. The predicted octanol–water partition coefficient (Wildman–Crippen LogP) is 5.98. The second-order valence-electron chi connectivity index (χ2n) is 6.92. The minimum Gasteiger partial charge on any atom is -0.316 e. The number of rotatable bonds is 2. The van der Waals surface area contributed by atoms with Gasteiger partial charge in [-0.25, -0.2) is 0 Å². The molecule has 146 valence electrons. The molecule has 0 bridgehead atoms. The summed E-state index contributed by atoms with van der Waals surface area (Å²) in [6.45, 7) is 18.8. The Morgan fingerprint density at radius 1 is 0.920 bits per heavy atom. The molecule has 2 nitrogen and oxygen atoms in total. The van der Waals surface area contributed by atoms with Crippen LogP contribution in [0.2, 0.25) is 0 Å². The molecule has 0 aliphatic carbocycles. The fraction of sp³-hybridized carbons (Fsp3) is 0.739. The van der Waals surface area contributed by atoms with E-state index >= 15 is 0 Å². The number of nitrogens with one attached hydrogen (secondary N) is 1. The first-order valence-corrected chi connectivity index (χ1v) is 10.7. The van der Waals surface area contributed by atoms with Crippen molar-refractivity contribution in [3.05, 3.63) is 35.9 Å². The maximum Gasteiger partial charge on any atom is 0.0233 e. The van der Waals surface area contributed by atoms with Crippen LogP contribution in [-0.2, 0) is 6.54 Å². The van der Waals surface area contributed by atoms with Gasteiger partial charge >= 0.3 is 0 Å². The Morgan fingerprint density at radius 2 is 1.56 bits per heavy atom. The van der Waals surface area contributed by atoms with Crippen molar-refractivity contribution in [2.75, 3.05) is 26.2 Å². The van der Waals surface area contributed by atoms with Crippen LogP contribution in [0.5, 0.6) is 0 Å². The molecule has 2 saturated heterocycles. The lowest BCUT2D eigenvalue weighted by Gasteiger charge is -2.30. The van der Waals surface area contributed by atoms with Gasteiger partial charge in [0.2, 0.25) is 0 Å². The summed E-state index contributed by atoms with van der Waals surface area (Å²) in [7, 11) is 0. The van der Waals surface area contributed by atoms with Crippen molar-refractivity contribution < 1.29 is 0 Å². The standard InChI is InChI=1S/C13H19N.C6H13N.2C2H6/c1-12-6-5-9-14(10-12)11-13-7-3-2-4-8-13;1-6-3-2-4-7-5-6;2*1-2/h2-4,7-8,12H,5-6,9-11H2,1H3;6-7H,2-5H2,1H3;2*1-2H3. The van der Waals surface area contributed by atoms with Crippen LogP contribution in [0.1, 0.15) is 72.8 Å². The Hall–Kier alpha value is -0.860. The van der Waals surface area contributed by atoms with Gasteiger partial charge in [0.25, 0.3) is 0 Å². The van der Waals surface area contributed by atoms with Crippen LogP contribution < -0.4 is 5.32 Å². The SMILES string of the molecule is CC.CC.CC1CCCN(Cc2ccccc2)C1.CC1CCCNC1. The molecule has 2 aliphatic rings. The summed E-state index contributed by atoms with van der Waals surface area (Å²) >= 11 is 0. The average Bonchev–Trinajstić information content (AvgIpc) is 2.67. The summed E-state index contributed by atoms with van der Waals surface area (Å²) < 4.78 is 0. The Balaban J connectivity index is 0.000000441. The molecule has 0 spiro atoms. The zero-order valence-electron chi connectivity index (χ0n) is 17.9. The maximum absolute atomic E-state index is 3.33. The number of piperidine rings is 2. The third-order valence-corrected chi connectivity index (χ3v) is 4.53. The summed E-state index contributed by atoms with van der Waals surface area (Å²) in [5, 5.41) is 3.33. The quantitative estimate of drug-likeness (QED) is 0.707. The van der Waals surface area contributed by atoms with Gasteiger partial charge in [-0.2, -0.15) is 0 Å². The van der Waals surface area contributed by atoms with Gasteiger partial charge in [-0.1, -0.05) is 71.9 Å². The van der Waals surface area contributed by atoms with Gasteiger partial charge in [-0.05, 0) is 62.7 Å². The zero-order chi connectivity index (χ0) is 18.9. The summed E-state index contributed by atoms with van der Waals surface area (Å²) in [6, 6.07) is 10.8. The van der Waals surface area contributed by atoms with E-state index in [2.05, 4.69) is 54.4 Å². The van der Waals surface area contributed by atoms with Crippen molar-refractivity contribution in [2.24, 2.45) is 11.8 Å². The van der Waals surface area contributed by atoms with Crippen molar-refractivity contribution in [3.8, 4) is 0 Å². The molecule has 0 radical (unpaired) electrons. The van der Waals surface area contributed by atoms with E-state index < -0.39 is 0 Å². The number of nitrogens with zero attached hydrogens (tertiary/aromatic N) is 1. The van der Waals surface area contributed by atoms with Crippen LogP contribution in [0.25, 0.3) is 0 Å². The van der Waals surface area contributed by atoms with E-state index in [9.17, 15) is 0 Å². The average molecular weight is 349 g/mol. The Bertz CT molecular complexity index is 371. The largest absolute Gasteiger partial charge is 0.316 e. The van der Waals surface area contributed by atoms with E-state index in [4.69, 9.17) is 0 Å². The maximum atomic E-state index is 3.33.